The van der Waals surface area contributed by atoms with Crippen LogP contribution in [0.2, 0.25) is 0 Å². The molecule has 0 amide bonds. The standard InChI is InChI=1S/C42H66O9/c1-13-15-22-48-36(47)42(26-43)23-28(5)33-32(45)34(42)50-37(49-33)40(10,11)51-35(46)41(12,27(3)4)25-39(8,9)21-20-38(6,7)24-29(14-2)30-16-18-31(44)19-17-30/h16-19,23,26-27,29,32-34,37,44-45H,13-15,20-22,24-25H2,1-12H3. The van der Waals surface area contributed by atoms with Crippen LogP contribution in [0.1, 0.15) is 140 Å². The maximum atomic E-state index is 14.3. The number of hydrogen-bond acceptors (Lipinski definition) is 9. The number of ether oxygens (including phenoxy) is 4. The molecule has 1 heterocycles. The van der Waals surface area contributed by atoms with Gasteiger partial charge in [-0.25, -0.2) is 0 Å². The third-order valence-electron chi connectivity index (χ3n) is 11.5. The van der Waals surface area contributed by atoms with Gasteiger partial charge in [-0.2, -0.15) is 0 Å². The van der Waals surface area contributed by atoms with E-state index < -0.39 is 47.0 Å². The van der Waals surface area contributed by atoms with Crippen LogP contribution < -0.4 is 0 Å². The van der Waals surface area contributed by atoms with E-state index >= 15 is 0 Å². The molecule has 1 saturated heterocycles. The number of aldehydes is 1. The Balaban J connectivity index is 1.75. The smallest absolute Gasteiger partial charge is 0.326 e. The predicted molar refractivity (Wildman–Crippen MR) is 198 cm³/mol. The van der Waals surface area contributed by atoms with Gasteiger partial charge in [-0.3, -0.25) is 9.59 Å². The average Bonchev–Trinajstić information content (AvgIpc) is 3.04. The Hall–Kier alpha value is -2.75. The minimum atomic E-state index is -1.86. The number of carbonyl (C=O) groups is 3. The molecule has 0 radical (unpaired) electrons. The average molecular weight is 715 g/mol. The van der Waals surface area contributed by atoms with Gasteiger partial charge in [-0.15, -0.1) is 0 Å². The van der Waals surface area contributed by atoms with E-state index in [1.807, 2.05) is 39.8 Å². The summed E-state index contributed by atoms with van der Waals surface area (Å²) in [7, 11) is 0. The van der Waals surface area contributed by atoms with E-state index in [1.165, 1.54) is 11.6 Å². The molecule has 3 rings (SSSR count). The first-order valence-electron chi connectivity index (χ1n) is 18.9. The van der Waals surface area contributed by atoms with E-state index in [0.29, 0.717) is 30.6 Å². The summed E-state index contributed by atoms with van der Waals surface area (Å²) >= 11 is 0. The minimum absolute atomic E-state index is 0.0489. The lowest BCUT2D eigenvalue weighted by Gasteiger charge is -2.51. The number of rotatable bonds is 18. The van der Waals surface area contributed by atoms with Crippen LogP contribution in [-0.2, 0) is 33.3 Å². The molecule has 9 heteroatoms. The SMILES string of the molecule is CCCCOC(=O)C1(C=O)C=C(C)C2OC(C(C)(C)OC(=O)C(C)(CC(C)(C)CCC(C)(C)CC(CC)c3ccc(O)cc3)C(C)C)OC1C2O. The first kappa shape index (κ1) is 42.7. The molecule has 7 atom stereocenters. The molecule has 1 aromatic carbocycles. The summed E-state index contributed by atoms with van der Waals surface area (Å²) in [6, 6.07) is 7.54. The number of phenolic OH excluding ortho intramolecular Hbond substituents is 1. The number of esters is 2. The molecule has 9 nitrogen and oxygen atoms in total. The number of hydrogen-bond donors (Lipinski definition) is 2. The summed E-state index contributed by atoms with van der Waals surface area (Å²) in [6.07, 6.45) is 3.28. The highest BCUT2D eigenvalue weighted by molar-refractivity contribution is 5.97. The maximum absolute atomic E-state index is 14.3. The monoisotopic (exact) mass is 714 g/mol. The van der Waals surface area contributed by atoms with Crippen molar-refractivity contribution in [3.8, 4) is 5.75 Å². The predicted octanol–water partition coefficient (Wildman–Crippen LogP) is 8.44. The zero-order valence-corrected chi connectivity index (χ0v) is 33.3. The van der Waals surface area contributed by atoms with Crippen molar-refractivity contribution in [3.63, 3.8) is 0 Å². The van der Waals surface area contributed by atoms with Crippen molar-refractivity contribution >= 4 is 18.2 Å². The summed E-state index contributed by atoms with van der Waals surface area (Å²) in [4.78, 5) is 40.2. The first-order valence-corrected chi connectivity index (χ1v) is 18.9. The lowest BCUT2D eigenvalue weighted by atomic mass is 9.65. The summed E-state index contributed by atoms with van der Waals surface area (Å²) in [5.41, 5.74) is -2.45. The topological polar surface area (TPSA) is 129 Å². The summed E-state index contributed by atoms with van der Waals surface area (Å²) < 4.78 is 24.1. The Bertz CT molecular complexity index is 1380. The Morgan fingerprint density at radius 2 is 1.59 bits per heavy atom. The van der Waals surface area contributed by atoms with Gasteiger partial charge in [0.2, 0.25) is 0 Å². The molecule has 1 aromatic rings. The van der Waals surface area contributed by atoms with Crippen molar-refractivity contribution in [2.24, 2.45) is 27.6 Å². The Labute approximate surface area is 306 Å². The normalized spacial score (nSPS) is 25.8. The number of carbonyl (C=O) groups excluding carboxylic acids is 3. The summed E-state index contributed by atoms with van der Waals surface area (Å²) in [5.74, 6) is -0.561. The van der Waals surface area contributed by atoms with Crippen molar-refractivity contribution in [1.29, 1.82) is 0 Å². The Morgan fingerprint density at radius 3 is 2.14 bits per heavy atom. The quantitative estimate of drug-likeness (QED) is 0.0506. The largest absolute Gasteiger partial charge is 0.508 e. The van der Waals surface area contributed by atoms with E-state index in [2.05, 4.69) is 34.6 Å². The van der Waals surface area contributed by atoms with E-state index in [1.54, 1.807) is 32.9 Å². The van der Waals surface area contributed by atoms with Crippen LogP contribution in [0.3, 0.4) is 0 Å². The molecular weight excluding hydrogens is 648 g/mol. The second kappa shape index (κ2) is 16.5. The van der Waals surface area contributed by atoms with Crippen molar-refractivity contribution in [2.75, 3.05) is 6.61 Å². The van der Waals surface area contributed by atoms with Crippen molar-refractivity contribution in [3.05, 3.63) is 41.5 Å². The van der Waals surface area contributed by atoms with Gasteiger partial charge in [0.1, 0.15) is 30.3 Å². The summed E-state index contributed by atoms with van der Waals surface area (Å²) in [6.45, 7) is 24.4. The Morgan fingerprint density at radius 1 is 0.980 bits per heavy atom. The zero-order chi connectivity index (χ0) is 38.6. The third-order valence-corrected chi connectivity index (χ3v) is 11.5. The van der Waals surface area contributed by atoms with Crippen molar-refractivity contribution < 1.29 is 43.5 Å². The fourth-order valence-electron chi connectivity index (χ4n) is 7.71. The summed E-state index contributed by atoms with van der Waals surface area (Å²) in [5, 5.41) is 21.0. The number of phenols is 1. The van der Waals surface area contributed by atoms with Gasteiger partial charge in [0.25, 0.3) is 0 Å². The van der Waals surface area contributed by atoms with Crippen molar-refractivity contribution in [1.82, 2.24) is 0 Å². The molecule has 2 aliphatic rings. The third kappa shape index (κ3) is 9.82. The Kier molecular flexibility index (Phi) is 13.8. The molecule has 0 saturated carbocycles. The molecule has 288 valence electrons. The number of aliphatic hydroxyl groups is 1. The molecule has 0 spiro atoms. The van der Waals surface area contributed by atoms with Gasteiger partial charge < -0.3 is 34.0 Å². The fourth-order valence-corrected chi connectivity index (χ4v) is 7.71. The lowest BCUT2D eigenvalue weighted by molar-refractivity contribution is -0.336. The molecule has 1 aliphatic heterocycles. The molecule has 1 aliphatic carbocycles. The van der Waals surface area contributed by atoms with Crippen LogP contribution in [0.5, 0.6) is 5.75 Å². The molecule has 2 N–H and O–H groups in total. The molecule has 1 fully saturated rings. The van der Waals surface area contributed by atoms with E-state index in [-0.39, 0.29) is 35.1 Å². The van der Waals surface area contributed by atoms with E-state index in [9.17, 15) is 24.6 Å². The highest BCUT2D eigenvalue weighted by Gasteiger charge is 2.61. The molecule has 0 aromatic heterocycles. The van der Waals surface area contributed by atoms with Crippen LogP contribution in [0, 0.1) is 27.6 Å². The van der Waals surface area contributed by atoms with E-state index in [0.717, 1.165) is 32.1 Å². The van der Waals surface area contributed by atoms with Crippen LogP contribution in [-0.4, -0.2) is 65.2 Å². The molecule has 51 heavy (non-hydrogen) atoms. The van der Waals surface area contributed by atoms with Gasteiger partial charge >= 0.3 is 11.9 Å². The van der Waals surface area contributed by atoms with Crippen LogP contribution in [0.25, 0.3) is 0 Å². The number of aromatic hydroxyl groups is 1. The highest BCUT2D eigenvalue weighted by Crippen LogP contribution is 2.48. The van der Waals surface area contributed by atoms with Crippen LogP contribution in [0.15, 0.2) is 35.9 Å². The highest BCUT2D eigenvalue weighted by atomic mass is 16.7. The second-order valence-corrected chi connectivity index (χ2v) is 17.8. The second-order valence-electron chi connectivity index (χ2n) is 17.8. The molecule has 7 unspecified atom stereocenters. The number of benzene rings is 1. The van der Waals surface area contributed by atoms with E-state index in [4.69, 9.17) is 18.9 Å². The van der Waals surface area contributed by atoms with Gasteiger partial charge in [0.05, 0.1) is 12.0 Å². The van der Waals surface area contributed by atoms with Crippen molar-refractivity contribution in [2.45, 2.75) is 164 Å². The van der Waals surface area contributed by atoms with Gasteiger partial charge in [0, 0.05) is 0 Å². The first-order chi connectivity index (χ1) is 23.6. The van der Waals surface area contributed by atoms with Crippen LogP contribution in [0.4, 0.5) is 0 Å². The number of fused-ring (bicyclic) bond motifs is 2. The fraction of sp³-hybridized carbons (Fsp3) is 0.738. The van der Waals surface area contributed by atoms with Crippen LogP contribution >= 0.6 is 0 Å². The number of aliphatic hydroxyl groups excluding tert-OH is 1. The minimum Gasteiger partial charge on any atom is -0.508 e. The van der Waals surface area contributed by atoms with Gasteiger partial charge in [0.15, 0.2) is 17.3 Å². The number of unbranched alkanes of at least 4 members (excludes halogenated alkanes) is 1. The molecule has 2 bridgehead atoms. The van der Waals surface area contributed by atoms with Gasteiger partial charge in [-0.05, 0) is 112 Å². The lowest BCUT2D eigenvalue weighted by Crippen LogP contribution is -2.66. The van der Waals surface area contributed by atoms with Gasteiger partial charge in [-0.1, -0.05) is 80.0 Å². The zero-order valence-electron chi connectivity index (χ0n) is 33.3. The molecular formula is C42H66O9. The maximum Gasteiger partial charge on any atom is 0.326 e.